The molecule has 2 rings (SSSR count). The van der Waals surface area contributed by atoms with Gasteiger partial charge in [0.15, 0.2) is 5.69 Å². The highest BCUT2D eigenvalue weighted by Gasteiger charge is 2.23. The average molecular weight is 369 g/mol. The average Bonchev–Trinajstić information content (AvgIpc) is 2.85. The van der Waals surface area contributed by atoms with Crippen molar-refractivity contribution in [3.05, 3.63) is 45.7 Å². The number of hydrogen-bond donors (Lipinski definition) is 2. The molecular weight excluding hydrogens is 354 g/mol. The van der Waals surface area contributed by atoms with E-state index in [2.05, 4.69) is 15.5 Å². The lowest BCUT2D eigenvalue weighted by Crippen LogP contribution is -2.25. The van der Waals surface area contributed by atoms with E-state index >= 15 is 0 Å². The van der Waals surface area contributed by atoms with Crippen LogP contribution < -0.4 is 5.34 Å². The van der Waals surface area contributed by atoms with E-state index in [-0.39, 0.29) is 23.0 Å². The van der Waals surface area contributed by atoms with Crippen molar-refractivity contribution in [1.29, 1.82) is 0 Å². The Bertz CT molecular complexity index is 764. The SMILES string of the molecule is CCOC(=O)c1nn(-c2ccccc2Cl)c(Cl)c1/C=N/NB(C)O. The molecule has 1 aromatic carbocycles. The Morgan fingerprint density at radius 2 is 2.21 bits per heavy atom. The first-order valence-corrected chi connectivity index (χ1v) is 7.88. The lowest BCUT2D eigenvalue weighted by atomic mass is 9.91. The monoisotopic (exact) mass is 368 g/mol. The van der Waals surface area contributed by atoms with Crippen LogP contribution >= 0.6 is 23.2 Å². The van der Waals surface area contributed by atoms with E-state index in [1.807, 2.05) is 0 Å². The maximum atomic E-state index is 12.1. The molecule has 24 heavy (non-hydrogen) atoms. The van der Waals surface area contributed by atoms with E-state index in [1.54, 1.807) is 31.2 Å². The van der Waals surface area contributed by atoms with Gasteiger partial charge in [-0.25, -0.2) is 9.48 Å². The van der Waals surface area contributed by atoms with Gasteiger partial charge in [-0.1, -0.05) is 35.3 Å². The summed E-state index contributed by atoms with van der Waals surface area (Å²) >= 11 is 12.5. The van der Waals surface area contributed by atoms with Gasteiger partial charge in [-0.2, -0.15) is 10.2 Å². The molecule has 0 atom stereocenters. The predicted molar refractivity (Wildman–Crippen MR) is 94.1 cm³/mol. The van der Waals surface area contributed by atoms with Crippen molar-refractivity contribution >= 4 is 42.4 Å². The van der Waals surface area contributed by atoms with Crippen molar-refractivity contribution < 1.29 is 14.6 Å². The van der Waals surface area contributed by atoms with Crippen LogP contribution in [-0.2, 0) is 4.74 Å². The molecule has 0 radical (unpaired) electrons. The van der Waals surface area contributed by atoms with Crippen LogP contribution in [0, 0.1) is 0 Å². The molecule has 0 aliphatic carbocycles. The summed E-state index contributed by atoms with van der Waals surface area (Å²) in [4.78, 5) is 12.1. The molecule has 7 nitrogen and oxygen atoms in total. The Balaban J connectivity index is 2.53. The van der Waals surface area contributed by atoms with Crippen molar-refractivity contribution in [2.75, 3.05) is 6.61 Å². The van der Waals surface area contributed by atoms with Gasteiger partial charge in [-0.15, -0.1) is 0 Å². The number of aromatic nitrogens is 2. The van der Waals surface area contributed by atoms with Crippen LogP contribution in [0.1, 0.15) is 23.0 Å². The van der Waals surface area contributed by atoms with Crippen LogP contribution in [-0.4, -0.2) is 40.6 Å². The summed E-state index contributed by atoms with van der Waals surface area (Å²) in [5, 5.41) is 20.2. The molecular formula is C14H15BCl2N4O3. The highest BCUT2D eigenvalue weighted by atomic mass is 35.5. The Hall–Kier alpha value is -2.03. The number of carbonyl (C=O) groups excluding carboxylic acids is 1. The number of para-hydroxylation sites is 1. The molecule has 2 aromatic rings. The molecule has 0 aliphatic rings. The quantitative estimate of drug-likeness (QED) is 0.353. The largest absolute Gasteiger partial charge is 0.461 e. The molecule has 0 fully saturated rings. The second-order valence-corrected chi connectivity index (χ2v) is 5.47. The zero-order valence-corrected chi connectivity index (χ0v) is 14.5. The van der Waals surface area contributed by atoms with E-state index in [4.69, 9.17) is 27.9 Å². The number of esters is 1. The molecule has 0 aliphatic heterocycles. The second kappa shape index (κ2) is 8.19. The highest BCUT2D eigenvalue weighted by molar-refractivity contribution is 6.45. The molecule has 0 unspecified atom stereocenters. The predicted octanol–water partition coefficient (Wildman–Crippen LogP) is 2.39. The van der Waals surface area contributed by atoms with Crippen LogP contribution in [0.2, 0.25) is 17.0 Å². The Morgan fingerprint density at radius 3 is 2.83 bits per heavy atom. The zero-order valence-electron chi connectivity index (χ0n) is 13.0. The van der Waals surface area contributed by atoms with Crippen LogP contribution in [0.3, 0.4) is 0 Å². The van der Waals surface area contributed by atoms with Crippen LogP contribution in [0.4, 0.5) is 0 Å². The molecule has 0 saturated carbocycles. The fraction of sp³-hybridized carbons (Fsp3) is 0.214. The van der Waals surface area contributed by atoms with Gasteiger partial charge in [0.25, 0.3) is 0 Å². The molecule has 1 heterocycles. The lowest BCUT2D eigenvalue weighted by Gasteiger charge is -2.04. The van der Waals surface area contributed by atoms with Crippen LogP contribution in [0.25, 0.3) is 5.69 Å². The molecule has 10 heteroatoms. The Labute approximate surface area is 149 Å². The third kappa shape index (κ3) is 4.08. The minimum Gasteiger partial charge on any atom is -0.461 e. The lowest BCUT2D eigenvalue weighted by molar-refractivity contribution is 0.0519. The smallest absolute Gasteiger partial charge is 0.423 e. The van der Waals surface area contributed by atoms with E-state index in [0.717, 1.165) is 0 Å². The summed E-state index contributed by atoms with van der Waals surface area (Å²) in [5.41, 5.74) is 0.763. The fourth-order valence-corrected chi connectivity index (χ4v) is 2.35. The highest BCUT2D eigenvalue weighted by Crippen LogP contribution is 2.27. The van der Waals surface area contributed by atoms with Gasteiger partial charge in [0.05, 0.1) is 29.1 Å². The topological polar surface area (TPSA) is 88.7 Å². The number of benzene rings is 1. The van der Waals surface area contributed by atoms with Gasteiger partial charge < -0.3 is 15.1 Å². The Kier molecular flexibility index (Phi) is 6.25. The number of hydrogen-bond acceptors (Lipinski definition) is 6. The number of nitrogens with zero attached hydrogens (tertiary/aromatic N) is 3. The second-order valence-electron chi connectivity index (χ2n) is 4.70. The minimum absolute atomic E-state index is 0.00193. The Morgan fingerprint density at radius 1 is 1.50 bits per heavy atom. The van der Waals surface area contributed by atoms with Crippen molar-refractivity contribution in [1.82, 2.24) is 15.1 Å². The number of halogens is 2. The molecule has 0 bridgehead atoms. The summed E-state index contributed by atoms with van der Waals surface area (Å²) in [5.74, 6) is -0.635. The number of rotatable bonds is 6. The zero-order chi connectivity index (χ0) is 17.7. The molecule has 0 amide bonds. The third-order valence-corrected chi connectivity index (χ3v) is 3.55. The summed E-state index contributed by atoms with van der Waals surface area (Å²) in [6.45, 7) is 3.38. The standard InChI is InChI=1S/C14H15BCl2N4O3/c1-3-24-14(22)12-9(8-18-20-15(2)23)13(17)21(19-12)11-7-5-4-6-10(11)16/h4-8,20,23H,3H2,1-2H3/b18-8+. The summed E-state index contributed by atoms with van der Waals surface area (Å²) < 4.78 is 6.33. The van der Waals surface area contributed by atoms with Gasteiger partial charge in [0, 0.05) is 0 Å². The first kappa shape index (κ1) is 18.3. The van der Waals surface area contributed by atoms with Gasteiger partial charge in [-0.3, -0.25) is 0 Å². The number of nitrogens with one attached hydrogen (secondary N) is 1. The van der Waals surface area contributed by atoms with Gasteiger partial charge >= 0.3 is 13.0 Å². The van der Waals surface area contributed by atoms with Gasteiger partial charge in [-0.05, 0) is 25.9 Å². The summed E-state index contributed by atoms with van der Waals surface area (Å²) in [6.07, 6.45) is 1.29. The number of carbonyl (C=O) groups is 1. The first-order valence-electron chi connectivity index (χ1n) is 7.12. The molecule has 126 valence electrons. The van der Waals surface area contributed by atoms with E-state index in [1.165, 1.54) is 17.7 Å². The van der Waals surface area contributed by atoms with Crippen molar-refractivity contribution in [2.45, 2.75) is 13.7 Å². The molecule has 2 N–H and O–H groups in total. The molecule has 0 saturated heterocycles. The normalized spacial score (nSPS) is 10.9. The summed E-state index contributed by atoms with van der Waals surface area (Å²) in [7, 11) is -0.857. The van der Waals surface area contributed by atoms with Crippen molar-refractivity contribution in [2.24, 2.45) is 5.10 Å². The van der Waals surface area contributed by atoms with E-state index in [0.29, 0.717) is 10.7 Å². The molecule has 0 spiro atoms. The van der Waals surface area contributed by atoms with Crippen molar-refractivity contribution in [3.63, 3.8) is 0 Å². The van der Waals surface area contributed by atoms with Gasteiger partial charge in [0.1, 0.15) is 5.15 Å². The van der Waals surface area contributed by atoms with Crippen LogP contribution in [0.15, 0.2) is 29.4 Å². The van der Waals surface area contributed by atoms with Crippen LogP contribution in [0.5, 0.6) is 0 Å². The fourth-order valence-electron chi connectivity index (χ4n) is 1.87. The van der Waals surface area contributed by atoms with E-state index in [9.17, 15) is 9.82 Å². The first-order chi connectivity index (χ1) is 11.5. The van der Waals surface area contributed by atoms with Gasteiger partial charge in [0.2, 0.25) is 0 Å². The van der Waals surface area contributed by atoms with E-state index < -0.39 is 13.0 Å². The number of hydrazone groups is 1. The van der Waals surface area contributed by atoms with Crippen molar-refractivity contribution in [3.8, 4) is 5.69 Å². The maximum Gasteiger partial charge on any atom is 0.423 e. The number of ether oxygens (including phenoxy) is 1. The molecule has 1 aromatic heterocycles. The maximum absolute atomic E-state index is 12.1. The minimum atomic E-state index is -0.857. The third-order valence-electron chi connectivity index (χ3n) is 2.87. The summed E-state index contributed by atoms with van der Waals surface area (Å²) in [6, 6.07) is 6.93.